The minimum Gasteiger partial charge on any atom is -0.368 e. The zero-order valence-corrected chi connectivity index (χ0v) is 8.01. The molecule has 1 aliphatic heterocycles. The third kappa shape index (κ3) is 1.76. The van der Waals surface area contributed by atoms with Gasteiger partial charge >= 0.3 is 6.03 Å². The average Bonchev–Trinajstić information content (AvgIpc) is 2.62. The van der Waals surface area contributed by atoms with Crippen molar-refractivity contribution in [1.29, 1.82) is 0 Å². The number of hydrogen-bond donors (Lipinski definition) is 2. The molecular weight excluding hydrogens is 194 g/mol. The van der Waals surface area contributed by atoms with Gasteiger partial charge in [-0.1, -0.05) is 18.2 Å². The number of anilines is 1. The van der Waals surface area contributed by atoms with Crippen LogP contribution in [0.5, 0.6) is 0 Å². The standard InChI is InChI=1S/C10H11N3O2/c11-9(14)8-6-13(10(15)12-8)7-4-2-1-3-5-7/h1-5,8H,6H2,(H2,11,14)(H,12,15). The van der Waals surface area contributed by atoms with Crippen molar-refractivity contribution in [3.05, 3.63) is 30.3 Å². The van der Waals surface area contributed by atoms with E-state index in [0.29, 0.717) is 0 Å². The molecular formula is C10H11N3O2. The van der Waals surface area contributed by atoms with Crippen molar-refractivity contribution in [1.82, 2.24) is 5.32 Å². The van der Waals surface area contributed by atoms with Crippen LogP contribution in [0.15, 0.2) is 30.3 Å². The van der Waals surface area contributed by atoms with Crippen molar-refractivity contribution in [2.75, 3.05) is 11.4 Å². The van der Waals surface area contributed by atoms with Crippen LogP contribution < -0.4 is 16.0 Å². The Bertz CT molecular complexity index is 391. The summed E-state index contributed by atoms with van der Waals surface area (Å²) < 4.78 is 0. The van der Waals surface area contributed by atoms with Crippen LogP contribution in [0.1, 0.15) is 0 Å². The summed E-state index contributed by atoms with van der Waals surface area (Å²) in [7, 11) is 0. The van der Waals surface area contributed by atoms with Crippen molar-refractivity contribution in [2.45, 2.75) is 6.04 Å². The van der Waals surface area contributed by atoms with Crippen LogP contribution in [-0.4, -0.2) is 24.5 Å². The molecule has 1 unspecified atom stereocenters. The molecule has 5 heteroatoms. The highest BCUT2D eigenvalue weighted by Gasteiger charge is 2.32. The van der Waals surface area contributed by atoms with Gasteiger partial charge in [0.1, 0.15) is 6.04 Å². The molecule has 0 saturated carbocycles. The van der Waals surface area contributed by atoms with E-state index in [2.05, 4.69) is 5.32 Å². The number of nitrogens with two attached hydrogens (primary N) is 1. The maximum atomic E-state index is 11.5. The fraction of sp³-hybridized carbons (Fsp3) is 0.200. The van der Waals surface area contributed by atoms with E-state index in [9.17, 15) is 9.59 Å². The summed E-state index contributed by atoms with van der Waals surface area (Å²) in [6, 6.07) is 8.26. The molecule has 0 bridgehead atoms. The number of hydrogen-bond acceptors (Lipinski definition) is 2. The van der Waals surface area contributed by atoms with Gasteiger partial charge in [0.2, 0.25) is 5.91 Å². The van der Waals surface area contributed by atoms with Crippen LogP contribution in [0.3, 0.4) is 0 Å². The van der Waals surface area contributed by atoms with Gasteiger partial charge in [-0.05, 0) is 12.1 Å². The molecule has 1 aromatic rings. The van der Waals surface area contributed by atoms with Crippen LogP contribution in [0.25, 0.3) is 0 Å². The third-order valence-corrected chi connectivity index (χ3v) is 2.32. The zero-order chi connectivity index (χ0) is 10.8. The molecule has 0 spiro atoms. The fourth-order valence-corrected chi connectivity index (χ4v) is 1.53. The second-order valence-corrected chi connectivity index (χ2v) is 3.35. The molecule has 1 aliphatic rings. The van der Waals surface area contributed by atoms with Gasteiger partial charge in [0.25, 0.3) is 0 Å². The summed E-state index contributed by atoms with van der Waals surface area (Å²) in [5.41, 5.74) is 5.88. The normalized spacial score (nSPS) is 20.1. The maximum absolute atomic E-state index is 11.5. The van der Waals surface area contributed by atoms with Gasteiger partial charge in [-0.25, -0.2) is 4.79 Å². The Hall–Kier alpha value is -2.04. The lowest BCUT2D eigenvalue weighted by Crippen LogP contribution is -2.39. The number of carbonyl (C=O) groups excluding carboxylic acids is 2. The highest BCUT2D eigenvalue weighted by molar-refractivity contribution is 5.99. The summed E-state index contributed by atoms with van der Waals surface area (Å²) in [4.78, 5) is 23.9. The Morgan fingerprint density at radius 2 is 2.07 bits per heavy atom. The minimum atomic E-state index is -0.599. The Labute approximate surface area is 86.9 Å². The number of carbonyl (C=O) groups is 2. The summed E-state index contributed by atoms with van der Waals surface area (Å²) >= 11 is 0. The molecule has 2 rings (SSSR count). The second kappa shape index (κ2) is 3.61. The number of nitrogens with zero attached hydrogens (tertiary/aromatic N) is 1. The number of para-hydroxylation sites is 1. The number of nitrogens with one attached hydrogen (secondary N) is 1. The predicted molar refractivity (Wildman–Crippen MR) is 55.3 cm³/mol. The van der Waals surface area contributed by atoms with Gasteiger partial charge in [-0.15, -0.1) is 0 Å². The van der Waals surface area contributed by atoms with E-state index in [1.165, 1.54) is 4.90 Å². The molecule has 15 heavy (non-hydrogen) atoms. The number of urea groups is 1. The highest BCUT2D eigenvalue weighted by atomic mass is 16.2. The maximum Gasteiger partial charge on any atom is 0.322 e. The van der Waals surface area contributed by atoms with E-state index in [4.69, 9.17) is 5.73 Å². The molecule has 0 radical (unpaired) electrons. The summed E-state index contributed by atoms with van der Waals surface area (Å²) in [5, 5.41) is 2.51. The van der Waals surface area contributed by atoms with Crippen molar-refractivity contribution in [2.24, 2.45) is 5.73 Å². The Kier molecular flexibility index (Phi) is 2.29. The molecule has 3 N–H and O–H groups in total. The molecule has 78 valence electrons. The fourth-order valence-electron chi connectivity index (χ4n) is 1.53. The second-order valence-electron chi connectivity index (χ2n) is 3.35. The minimum absolute atomic E-state index is 0.287. The largest absolute Gasteiger partial charge is 0.368 e. The first-order valence-electron chi connectivity index (χ1n) is 4.61. The van der Waals surface area contributed by atoms with E-state index >= 15 is 0 Å². The Balaban J connectivity index is 2.19. The molecule has 1 fully saturated rings. The van der Waals surface area contributed by atoms with E-state index in [-0.39, 0.29) is 12.6 Å². The lowest BCUT2D eigenvalue weighted by molar-refractivity contribution is -0.119. The number of rotatable bonds is 2. The molecule has 3 amide bonds. The van der Waals surface area contributed by atoms with Crippen molar-refractivity contribution in [3.8, 4) is 0 Å². The average molecular weight is 205 g/mol. The number of primary amides is 1. The topological polar surface area (TPSA) is 75.4 Å². The van der Waals surface area contributed by atoms with Crippen LogP contribution in [-0.2, 0) is 4.79 Å². The lowest BCUT2D eigenvalue weighted by atomic mass is 10.2. The molecule has 0 aliphatic carbocycles. The van der Waals surface area contributed by atoms with E-state index in [1.807, 2.05) is 30.3 Å². The van der Waals surface area contributed by atoms with Crippen molar-refractivity contribution >= 4 is 17.6 Å². The molecule has 1 heterocycles. The first kappa shape index (κ1) is 9.51. The van der Waals surface area contributed by atoms with Gasteiger partial charge in [0.15, 0.2) is 0 Å². The van der Waals surface area contributed by atoms with Gasteiger partial charge in [0, 0.05) is 5.69 Å². The van der Waals surface area contributed by atoms with Crippen LogP contribution in [0.2, 0.25) is 0 Å². The molecule has 1 atom stereocenters. The van der Waals surface area contributed by atoms with Crippen LogP contribution in [0, 0.1) is 0 Å². The van der Waals surface area contributed by atoms with Gasteiger partial charge in [-0.3, -0.25) is 9.69 Å². The zero-order valence-electron chi connectivity index (χ0n) is 8.01. The van der Waals surface area contributed by atoms with Gasteiger partial charge in [0.05, 0.1) is 6.54 Å². The van der Waals surface area contributed by atoms with E-state index in [0.717, 1.165) is 5.69 Å². The quantitative estimate of drug-likeness (QED) is 0.716. The Morgan fingerprint density at radius 1 is 1.40 bits per heavy atom. The predicted octanol–water partition coefficient (Wildman–Crippen LogP) is 0.0701. The van der Waals surface area contributed by atoms with Gasteiger partial charge in [-0.2, -0.15) is 0 Å². The molecule has 0 aromatic heterocycles. The van der Waals surface area contributed by atoms with Crippen molar-refractivity contribution < 1.29 is 9.59 Å². The summed E-state index contributed by atoms with van der Waals surface area (Å²) in [5.74, 6) is -0.512. The van der Waals surface area contributed by atoms with E-state index < -0.39 is 11.9 Å². The van der Waals surface area contributed by atoms with Crippen LogP contribution in [0.4, 0.5) is 10.5 Å². The number of benzene rings is 1. The summed E-state index contributed by atoms with van der Waals surface area (Å²) in [6.45, 7) is 0.290. The Morgan fingerprint density at radius 3 is 2.60 bits per heavy atom. The first-order chi connectivity index (χ1) is 7.18. The molecule has 5 nitrogen and oxygen atoms in total. The molecule has 1 aromatic carbocycles. The van der Waals surface area contributed by atoms with Crippen molar-refractivity contribution in [3.63, 3.8) is 0 Å². The SMILES string of the molecule is NC(=O)C1CN(c2ccccc2)C(=O)N1. The first-order valence-corrected chi connectivity index (χ1v) is 4.61. The van der Waals surface area contributed by atoms with Crippen LogP contribution >= 0.6 is 0 Å². The lowest BCUT2D eigenvalue weighted by Gasteiger charge is -2.13. The summed E-state index contributed by atoms with van der Waals surface area (Å²) in [6.07, 6.45) is 0. The monoisotopic (exact) mass is 205 g/mol. The third-order valence-electron chi connectivity index (χ3n) is 2.32. The van der Waals surface area contributed by atoms with E-state index in [1.54, 1.807) is 0 Å². The smallest absolute Gasteiger partial charge is 0.322 e. The molecule has 1 saturated heterocycles. The van der Waals surface area contributed by atoms with Gasteiger partial charge < -0.3 is 11.1 Å². The highest BCUT2D eigenvalue weighted by Crippen LogP contribution is 2.17. The number of amides is 3.